The van der Waals surface area contributed by atoms with Crippen molar-refractivity contribution in [3.63, 3.8) is 0 Å². The van der Waals surface area contributed by atoms with E-state index in [1.807, 2.05) is 7.05 Å². The average Bonchev–Trinajstić information content (AvgIpc) is 2.29. The summed E-state index contributed by atoms with van der Waals surface area (Å²) < 4.78 is 40.8. The number of halogens is 1. The molecule has 1 N–H and O–H groups in total. The molecule has 0 aliphatic carbocycles. The number of piperazine rings is 1. The zero-order chi connectivity index (χ0) is 13.2. The summed E-state index contributed by atoms with van der Waals surface area (Å²) in [6.45, 7) is 2.29. The molecule has 0 bridgehead atoms. The maximum Gasteiger partial charge on any atom is 0.301 e. The van der Waals surface area contributed by atoms with Crippen LogP contribution in [0.3, 0.4) is 0 Å². The fourth-order valence-corrected chi connectivity index (χ4v) is 2.99. The van der Waals surface area contributed by atoms with E-state index in [0.717, 1.165) is 6.07 Å². The van der Waals surface area contributed by atoms with Crippen LogP contribution in [-0.4, -0.2) is 50.8 Å². The van der Waals surface area contributed by atoms with Gasteiger partial charge in [-0.1, -0.05) is 6.07 Å². The Morgan fingerprint density at radius 3 is 2.50 bits per heavy atom. The van der Waals surface area contributed by atoms with Crippen LogP contribution in [0.4, 0.5) is 10.1 Å². The molecule has 1 aliphatic rings. The second-order valence-corrected chi connectivity index (χ2v) is 5.99. The molecule has 0 radical (unpaired) electrons. The predicted octanol–water partition coefficient (Wildman–Crippen LogP) is 0.730. The van der Waals surface area contributed by atoms with Crippen LogP contribution in [0.15, 0.2) is 24.3 Å². The molecule has 2 rings (SSSR count). The largest absolute Gasteiger partial charge is 0.304 e. The first kappa shape index (κ1) is 13.3. The van der Waals surface area contributed by atoms with Crippen LogP contribution >= 0.6 is 0 Å². The number of hydrogen-bond donors (Lipinski definition) is 1. The Morgan fingerprint density at radius 2 is 1.89 bits per heavy atom. The predicted molar refractivity (Wildman–Crippen MR) is 68.0 cm³/mol. The van der Waals surface area contributed by atoms with Crippen molar-refractivity contribution in [1.29, 1.82) is 0 Å². The van der Waals surface area contributed by atoms with Gasteiger partial charge < -0.3 is 4.90 Å². The van der Waals surface area contributed by atoms with Gasteiger partial charge in [-0.25, -0.2) is 4.39 Å². The third-order valence-electron chi connectivity index (χ3n) is 2.87. The number of hydrogen-bond acceptors (Lipinski definition) is 3. The van der Waals surface area contributed by atoms with Crippen molar-refractivity contribution in [1.82, 2.24) is 9.21 Å². The minimum atomic E-state index is -3.59. The van der Waals surface area contributed by atoms with Gasteiger partial charge in [0.1, 0.15) is 5.82 Å². The van der Waals surface area contributed by atoms with Gasteiger partial charge in [-0.15, -0.1) is 0 Å². The van der Waals surface area contributed by atoms with Crippen molar-refractivity contribution in [2.75, 3.05) is 37.9 Å². The first-order chi connectivity index (χ1) is 8.47. The van der Waals surface area contributed by atoms with Crippen molar-refractivity contribution in [2.45, 2.75) is 0 Å². The van der Waals surface area contributed by atoms with E-state index < -0.39 is 16.0 Å². The average molecular weight is 273 g/mol. The highest BCUT2D eigenvalue weighted by Gasteiger charge is 2.25. The summed E-state index contributed by atoms with van der Waals surface area (Å²) in [5, 5.41) is 0. The van der Waals surface area contributed by atoms with Gasteiger partial charge in [-0.2, -0.15) is 12.7 Å². The first-order valence-electron chi connectivity index (χ1n) is 5.69. The second-order valence-electron chi connectivity index (χ2n) is 4.32. The molecule has 1 fully saturated rings. The lowest BCUT2D eigenvalue weighted by Crippen LogP contribution is -2.48. The molecule has 0 unspecified atom stereocenters. The quantitative estimate of drug-likeness (QED) is 0.883. The van der Waals surface area contributed by atoms with Gasteiger partial charge in [0, 0.05) is 26.2 Å². The summed E-state index contributed by atoms with van der Waals surface area (Å²) in [6.07, 6.45) is 0. The van der Waals surface area contributed by atoms with Crippen LogP contribution in [0.1, 0.15) is 0 Å². The molecule has 1 heterocycles. The third kappa shape index (κ3) is 3.18. The summed E-state index contributed by atoms with van der Waals surface area (Å²) in [5.41, 5.74) is 0.244. The minimum absolute atomic E-state index is 0.244. The van der Waals surface area contributed by atoms with Crippen molar-refractivity contribution >= 4 is 15.9 Å². The summed E-state index contributed by atoms with van der Waals surface area (Å²) in [4.78, 5) is 2.06. The smallest absolute Gasteiger partial charge is 0.301 e. The van der Waals surface area contributed by atoms with Gasteiger partial charge >= 0.3 is 10.2 Å². The van der Waals surface area contributed by atoms with Crippen LogP contribution in [0.5, 0.6) is 0 Å². The number of rotatable bonds is 3. The number of benzene rings is 1. The summed E-state index contributed by atoms with van der Waals surface area (Å²) in [7, 11) is -1.64. The Morgan fingerprint density at radius 1 is 1.22 bits per heavy atom. The molecular formula is C11H16FN3O2S. The molecule has 5 nitrogen and oxygen atoms in total. The molecule has 18 heavy (non-hydrogen) atoms. The first-order valence-corrected chi connectivity index (χ1v) is 7.13. The molecule has 0 atom stereocenters. The van der Waals surface area contributed by atoms with E-state index in [0.29, 0.717) is 26.2 Å². The van der Waals surface area contributed by atoms with Crippen LogP contribution in [-0.2, 0) is 10.2 Å². The Labute approximate surface area is 106 Å². The molecule has 7 heteroatoms. The topological polar surface area (TPSA) is 52.7 Å². The molecule has 1 aromatic rings. The lowest BCUT2D eigenvalue weighted by molar-refractivity contribution is 0.223. The maximum absolute atomic E-state index is 13.0. The molecule has 1 aromatic carbocycles. The molecule has 0 saturated carbocycles. The number of nitrogens with zero attached hydrogens (tertiary/aromatic N) is 2. The fraction of sp³-hybridized carbons (Fsp3) is 0.455. The molecule has 1 aliphatic heterocycles. The molecule has 100 valence electrons. The highest BCUT2D eigenvalue weighted by Crippen LogP contribution is 2.14. The van der Waals surface area contributed by atoms with E-state index >= 15 is 0 Å². The highest BCUT2D eigenvalue weighted by atomic mass is 32.2. The van der Waals surface area contributed by atoms with Crippen molar-refractivity contribution < 1.29 is 12.8 Å². The van der Waals surface area contributed by atoms with Gasteiger partial charge in [0.2, 0.25) is 0 Å². The standard InChI is InChI=1S/C11H16FN3O2S/c1-14-5-7-15(8-6-14)18(16,17)13-11-4-2-3-10(12)9-11/h2-4,9,13H,5-8H2,1H3. The van der Waals surface area contributed by atoms with Crippen molar-refractivity contribution in [2.24, 2.45) is 0 Å². The second kappa shape index (κ2) is 5.21. The van der Waals surface area contributed by atoms with E-state index in [-0.39, 0.29) is 5.69 Å². The van der Waals surface area contributed by atoms with E-state index in [4.69, 9.17) is 0 Å². The molecule has 0 spiro atoms. The van der Waals surface area contributed by atoms with E-state index in [2.05, 4.69) is 9.62 Å². The Kier molecular flexibility index (Phi) is 3.84. The van der Waals surface area contributed by atoms with Crippen LogP contribution in [0, 0.1) is 5.82 Å². The van der Waals surface area contributed by atoms with Gasteiger partial charge in [0.15, 0.2) is 0 Å². The Hall–Kier alpha value is -1.18. The normalized spacial score (nSPS) is 18.8. The maximum atomic E-state index is 13.0. The van der Waals surface area contributed by atoms with Gasteiger partial charge in [-0.3, -0.25) is 4.72 Å². The molecule has 0 aromatic heterocycles. The van der Waals surface area contributed by atoms with E-state index in [9.17, 15) is 12.8 Å². The van der Waals surface area contributed by atoms with Crippen molar-refractivity contribution in [3.8, 4) is 0 Å². The van der Waals surface area contributed by atoms with Crippen LogP contribution in [0.2, 0.25) is 0 Å². The number of nitrogens with one attached hydrogen (secondary N) is 1. The SMILES string of the molecule is CN1CCN(S(=O)(=O)Nc2cccc(F)c2)CC1. The number of likely N-dealkylation sites (N-methyl/N-ethyl adjacent to an activating group) is 1. The van der Waals surface area contributed by atoms with E-state index in [1.165, 1.54) is 22.5 Å². The zero-order valence-electron chi connectivity index (χ0n) is 10.1. The molecule has 1 saturated heterocycles. The molecule has 0 amide bonds. The highest BCUT2D eigenvalue weighted by molar-refractivity contribution is 7.90. The van der Waals surface area contributed by atoms with Gasteiger partial charge in [-0.05, 0) is 25.2 Å². The van der Waals surface area contributed by atoms with Gasteiger partial charge in [0.25, 0.3) is 0 Å². The summed E-state index contributed by atoms with van der Waals surface area (Å²) in [6, 6.07) is 5.43. The lowest BCUT2D eigenvalue weighted by atomic mass is 10.3. The fourth-order valence-electron chi connectivity index (χ4n) is 1.79. The summed E-state index contributed by atoms with van der Waals surface area (Å²) in [5.74, 6) is -0.464. The summed E-state index contributed by atoms with van der Waals surface area (Å²) >= 11 is 0. The lowest BCUT2D eigenvalue weighted by Gasteiger charge is -2.31. The Bertz CT molecular complexity index is 513. The zero-order valence-corrected chi connectivity index (χ0v) is 11.0. The van der Waals surface area contributed by atoms with Gasteiger partial charge in [0.05, 0.1) is 5.69 Å². The van der Waals surface area contributed by atoms with Crippen LogP contribution in [0.25, 0.3) is 0 Å². The number of anilines is 1. The van der Waals surface area contributed by atoms with E-state index in [1.54, 1.807) is 0 Å². The molecular weight excluding hydrogens is 257 g/mol. The monoisotopic (exact) mass is 273 g/mol. The third-order valence-corrected chi connectivity index (χ3v) is 4.41. The van der Waals surface area contributed by atoms with Crippen molar-refractivity contribution in [3.05, 3.63) is 30.1 Å². The Balaban J connectivity index is 2.08. The van der Waals surface area contributed by atoms with Crippen LogP contribution < -0.4 is 4.72 Å². The minimum Gasteiger partial charge on any atom is -0.304 e.